The molecule has 468 valence electrons. The summed E-state index contributed by atoms with van der Waals surface area (Å²) in [5.41, 5.74) is 10.3. The molecule has 6 amide bonds. The summed E-state index contributed by atoms with van der Waals surface area (Å²) in [6, 6.07) is 16.6. The fourth-order valence-corrected chi connectivity index (χ4v) is 12.2. The standard InChI is InChI=1S/C62H77FN14O11/c1-40(2)88-57(83)38-67-53(79)37-66-54(80)39-75-49-8-6-7-46-47-34-50-44(33-48(47)63)35-69-76(50)77(25-17-43(18-26-77)59(72-75)58(46)49)56(82)14-13-52(78)65-20-28-86-30-32-87-31-29-85-27-19-55(81)74-23-15-42(16-24-74)41-9-11-45(12-10-41)70-62-60(61(64)84)68-36-51(71-62)73-21-4-3-5-22-73/h6-12,33-36,40,42-43H,3-5,13-32,37-39H2,1-2H3,(H5-,64,65,66,67,70,71,78,79,80,84)/p+1. The average Bonchev–Trinajstić information content (AvgIpc) is 1.60. The van der Waals surface area contributed by atoms with E-state index in [1.807, 2.05) is 29.2 Å². The van der Waals surface area contributed by atoms with Gasteiger partial charge in [-0.1, -0.05) is 29.1 Å². The fraction of sp³-hybridized carbons (Fsp3) is 0.500. The Morgan fingerprint density at radius 3 is 2.17 bits per heavy atom. The maximum absolute atomic E-state index is 16.2. The minimum Gasteiger partial charge on any atom is -0.462 e. The van der Waals surface area contributed by atoms with Crippen LogP contribution in [0.25, 0.3) is 32.9 Å². The lowest BCUT2D eigenvalue weighted by atomic mass is 9.88. The third-order valence-corrected chi connectivity index (χ3v) is 16.7. The summed E-state index contributed by atoms with van der Waals surface area (Å²) in [5.74, 6) is -2.09. The van der Waals surface area contributed by atoms with Crippen LogP contribution >= 0.6 is 0 Å². The molecule has 0 atom stereocenters. The van der Waals surface area contributed by atoms with E-state index >= 15 is 4.39 Å². The van der Waals surface area contributed by atoms with E-state index < -0.39 is 29.5 Å². The van der Waals surface area contributed by atoms with Crippen LogP contribution in [0.5, 0.6) is 0 Å². The maximum atomic E-state index is 16.2. The Kier molecular flexibility index (Phi) is 20.6. The number of primary amides is 1. The van der Waals surface area contributed by atoms with E-state index in [4.69, 9.17) is 34.8 Å². The summed E-state index contributed by atoms with van der Waals surface area (Å²) in [6.07, 6.45) is 9.01. The topological polar surface area (TPSA) is 298 Å². The fourth-order valence-electron chi connectivity index (χ4n) is 12.2. The quantitative estimate of drug-likeness (QED) is 0.0267. The molecule has 6 N–H and O–H groups in total. The lowest BCUT2D eigenvalue weighted by molar-refractivity contribution is -0.147. The predicted molar refractivity (Wildman–Crippen MR) is 324 cm³/mol. The van der Waals surface area contributed by atoms with Crippen LogP contribution in [0.3, 0.4) is 0 Å². The van der Waals surface area contributed by atoms with Gasteiger partial charge in [0, 0.05) is 79.9 Å². The number of nitrogens with one attached hydrogen (secondary N) is 4. The van der Waals surface area contributed by atoms with E-state index in [9.17, 15) is 33.6 Å². The minimum absolute atomic E-state index is 0.0565. The number of hydrogen-bond acceptors (Lipinski definition) is 17. The zero-order valence-electron chi connectivity index (χ0n) is 49.9. The number of carbonyl (C=O) groups excluding carboxylic acids is 7. The summed E-state index contributed by atoms with van der Waals surface area (Å²) in [6.45, 7) is 8.21. The number of amides is 6. The Balaban J connectivity index is 0.610. The molecule has 5 aliphatic heterocycles. The second kappa shape index (κ2) is 29.0. The van der Waals surface area contributed by atoms with Gasteiger partial charge in [0.1, 0.15) is 43.3 Å². The molecule has 6 aromatic rings. The van der Waals surface area contributed by atoms with Crippen molar-refractivity contribution >= 4 is 80.5 Å². The monoisotopic (exact) mass is 1210 g/mol. The molecule has 5 aliphatic rings. The van der Waals surface area contributed by atoms with Gasteiger partial charge in [0.2, 0.25) is 23.6 Å². The zero-order chi connectivity index (χ0) is 61.7. The molecule has 3 fully saturated rings. The van der Waals surface area contributed by atoms with Crippen LogP contribution in [0, 0.1) is 5.82 Å². The second-order valence-electron chi connectivity index (χ2n) is 23.0. The molecule has 3 aromatic heterocycles. The van der Waals surface area contributed by atoms with Crippen LogP contribution in [0.2, 0.25) is 0 Å². The molecule has 25 nitrogen and oxygen atoms in total. The van der Waals surface area contributed by atoms with Crippen molar-refractivity contribution < 1.29 is 56.9 Å². The highest BCUT2D eigenvalue weighted by Gasteiger charge is 2.46. The Morgan fingerprint density at radius 1 is 0.727 bits per heavy atom. The molecule has 11 rings (SSSR count). The van der Waals surface area contributed by atoms with E-state index in [0.717, 1.165) is 50.3 Å². The number of carbonyl (C=O) groups is 7. The zero-order valence-corrected chi connectivity index (χ0v) is 49.9. The number of ether oxygens (including phenoxy) is 4. The van der Waals surface area contributed by atoms with Crippen molar-refractivity contribution in [2.45, 2.75) is 103 Å². The molecule has 8 heterocycles. The van der Waals surface area contributed by atoms with Crippen LogP contribution in [-0.2, 0) is 54.3 Å². The van der Waals surface area contributed by atoms with Crippen LogP contribution < -0.4 is 36.5 Å². The predicted octanol–water partition coefficient (Wildman–Crippen LogP) is 4.60. The lowest BCUT2D eigenvalue weighted by Gasteiger charge is -2.39. The smallest absolute Gasteiger partial charge is 0.340 e. The molecule has 0 unspecified atom stereocenters. The Hall–Kier alpha value is -8.46. The normalized spacial score (nSPS) is 17.5. The summed E-state index contributed by atoms with van der Waals surface area (Å²) >= 11 is 0. The summed E-state index contributed by atoms with van der Waals surface area (Å²) in [5, 5.41) is 21.9. The highest BCUT2D eigenvalue weighted by atomic mass is 19.1. The number of likely N-dealkylation sites (tertiary alicyclic amines) is 1. The molecule has 4 bridgehead atoms. The van der Waals surface area contributed by atoms with Gasteiger partial charge in [0.25, 0.3) is 5.91 Å². The number of nitrogens with zero attached hydrogens (tertiary/aromatic N) is 9. The number of benzene rings is 3. The molecule has 3 saturated heterocycles. The van der Waals surface area contributed by atoms with E-state index in [1.165, 1.54) is 18.1 Å². The number of piperidine rings is 3. The van der Waals surface area contributed by atoms with Gasteiger partial charge < -0.3 is 55.7 Å². The average molecular weight is 1210 g/mol. The van der Waals surface area contributed by atoms with Crippen molar-refractivity contribution in [2.24, 2.45) is 5.73 Å². The Morgan fingerprint density at radius 2 is 1.44 bits per heavy atom. The van der Waals surface area contributed by atoms with Gasteiger partial charge in [-0.2, -0.15) is 5.10 Å². The van der Waals surface area contributed by atoms with Crippen LogP contribution in [0.1, 0.15) is 112 Å². The first-order valence-electron chi connectivity index (χ1n) is 30.5. The summed E-state index contributed by atoms with van der Waals surface area (Å²) < 4.78 is 39.6. The maximum Gasteiger partial charge on any atom is 0.340 e. The van der Waals surface area contributed by atoms with Gasteiger partial charge in [0.05, 0.1) is 88.7 Å². The first-order valence-corrected chi connectivity index (χ1v) is 30.5. The van der Waals surface area contributed by atoms with E-state index in [2.05, 4.69) is 48.4 Å². The van der Waals surface area contributed by atoms with Crippen molar-refractivity contribution in [1.82, 2.24) is 55.1 Å². The van der Waals surface area contributed by atoms with Crippen molar-refractivity contribution in [3.8, 4) is 11.1 Å². The van der Waals surface area contributed by atoms with Crippen molar-refractivity contribution in [3.63, 3.8) is 0 Å². The van der Waals surface area contributed by atoms with Crippen molar-refractivity contribution in [1.29, 1.82) is 0 Å². The lowest BCUT2D eigenvalue weighted by Crippen LogP contribution is -2.65. The number of rotatable bonds is 27. The number of halogens is 1. The largest absolute Gasteiger partial charge is 0.462 e. The van der Waals surface area contributed by atoms with Gasteiger partial charge in [-0.15, -0.1) is 9.69 Å². The molecule has 26 heteroatoms. The molecular formula is C62H78FN14O11+. The third-order valence-electron chi connectivity index (χ3n) is 16.7. The second-order valence-corrected chi connectivity index (χ2v) is 23.0. The Bertz CT molecular complexity index is 3500. The van der Waals surface area contributed by atoms with Gasteiger partial charge in [-0.25, -0.2) is 19.2 Å². The van der Waals surface area contributed by atoms with Crippen molar-refractivity contribution in [2.75, 3.05) is 109 Å². The number of anilines is 3. The highest BCUT2D eigenvalue weighted by Crippen LogP contribution is 2.42. The molecule has 0 spiro atoms. The van der Waals surface area contributed by atoms with Crippen LogP contribution in [-0.4, -0.2) is 181 Å². The first-order chi connectivity index (χ1) is 42.6. The molecule has 3 aromatic carbocycles. The molecular weight excluding hydrogens is 1140 g/mol. The van der Waals surface area contributed by atoms with Crippen molar-refractivity contribution in [3.05, 3.63) is 89.8 Å². The van der Waals surface area contributed by atoms with Gasteiger partial charge >= 0.3 is 11.9 Å². The number of esters is 1. The molecule has 0 aliphatic carbocycles. The number of nitrogens with two attached hydrogens (primary N) is 1. The minimum atomic E-state index is -0.646. The number of hydrogen-bond donors (Lipinski definition) is 5. The molecule has 88 heavy (non-hydrogen) atoms. The van der Waals surface area contributed by atoms with Gasteiger partial charge in [0.15, 0.2) is 11.5 Å². The number of quaternary nitrogens is 1. The molecule has 0 saturated carbocycles. The van der Waals surface area contributed by atoms with Crippen LogP contribution in [0.4, 0.5) is 21.7 Å². The summed E-state index contributed by atoms with van der Waals surface area (Å²) in [7, 11) is 0. The summed E-state index contributed by atoms with van der Waals surface area (Å²) in [4.78, 5) is 105. The van der Waals surface area contributed by atoms with E-state index in [1.54, 1.807) is 47.8 Å². The van der Waals surface area contributed by atoms with Gasteiger partial charge in [-0.05, 0) is 93.3 Å². The van der Waals surface area contributed by atoms with E-state index in [0.29, 0.717) is 110 Å². The third kappa shape index (κ3) is 15.1. The highest BCUT2D eigenvalue weighted by molar-refractivity contribution is 6.01. The number of aromatic nitrogens is 6. The SMILES string of the molecule is CC(C)OC(=O)CNC(=O)CNC(=O)Cn1nc2c3c(cccc31)-c1cc3c(cnn3[N+]3(C(=O)CCC(=O)NCCOCCOCCOCCC(=O)N4CCC(c5ccc(Nc6nc(N7CCCCC7)cnc6C(N)=O)cc5)CC4)CCC2CC3)cc1F. The Labute approximate surface area is 508 Å². The number of fused-ring (bicyclic) bond motifs is 2. The molecule has 0 radical (unpaired) electrons. The van der Waals surface area contributed by atoms with Gasteiger partial charge in [-0.3, -0.25) is 33.4 Å². The van der Waals surface area contributed by atoms with Crippen LogP contribution in [0.15, 0.2) is 67.0 Å². The first kappa shape index (κ1) is 62.6. The van der Waals surface area contributed by atoms with E-state index in [-0.39, 0.29) is 104 Å².